The summed E-state index contributed by atoms with van der Waals surface area (Å²) < 4.78 is 17.9. The Morgan fingerprint density at radius 1 is 1.24 bits per heavy atom. The molecule has 3 aromatic rings. The molecule has 3 rings (SSSR count). The van der Waals surface area contributed by atoms with Crippen molar-refractivity contribution >= 4 is 23.3 Å². The molecular weight excluding hydrogens is 287 g/mol. The average molecular weight is 304 g/mol. The van der Waals surface area contributed by atoms with Gasteiger partial charge in [-0.05, 0) is 56.8 Å². The molecule has 0 radical (unpaired) electrons. The van der Waals surface area contributed by atoms with E-state index in [9.17, 15) is 4.39 Å². The van der Waals surface area contributed by atoms with Crippen LogP contribution in [-0.2, 0) is 13.1 Å². The largest absolute Gasteiger partial charge is 0.330 e. The van der Waals surface area contributed by atoms with Gasteiger partial charge in [-0.15, -0.1) is 0 Å². The second-order valence-electron chi connectivity index (χ2n) is 5.25. The number of aromatic amines is 1. The van der Waals surface area contributed by atoms with E-state index in [4.69, 9.17) is 12.2 Å². The van der Waals surface area contributed by atoms with Gasteiger partial charge in [0.25, 0.3) is 0 Å². The van der Waals surface area contributed by atoms with E-state index in [0.29, 0.717) is 4.77 Å². The van der Waals surface area contributed by atoms with Gasteiger partial charge < -0.3 is 9.55 Å². The first-order valence-electron chi connectivity index (χ1n) is 6.94. The lowest BCUT2D eigenvalue weighted by molar-refractivity contribution is 0.519. The lowest BCUT2D eigenvalue weighted by atomic mass is 10.3. The minimum atomic E-state index is -0.256. The molecule has 21 heavy (non-hydrogen) atoms. The summed E-state index contributed by atoms with van der Waals surface area (Å²) in [5.74, 6) is -0.256. The van der Waals surface area contributed by atoms with Crippen molar-refractivity contribution in [2.75, 3.05) is 0 Å². The molecule has 0 spiro atoms. The predicted molar refractivity (Wildman–Crippen MR) is 83.4 cm³/mol. The van der Waals surface area contributed by atoms with Gasteiger partial charge in [0.2, 0.25) is 0 Å². The minimum Gasteiger partial charge on any atom is -0.330 e. The SMILES string of the molecule is Cc1cc(C)n(CCCn2c(=S)[nH]c3cc(F)ccc32)n1. The summed E-state index contributed by atoms with van der Waals surface area (Å²) in [5, 5.41) is 4.45. The topological polar surface area (TPSA) is 38.5 Å². The average Bonchev–Trinajstić information content (AvgIpc) is 2.89. The van der Waals surface area contributed by atoms with Crippen molar-refractivity contribution in [2.24, 2.45) is 0 Å². The molecule has 0 aliphatic carbocycles. The van der Waals surface area contributed by atoms with Crippen LogP contribution in [0.15, 0.2) is 24.3 Å². The number of rotatable bonds is 4. The van der Waals surface area contributed by atoms with Gasteiger partial charge in [0.15, 0.2) is 4.77 Å². The normalized spacial score (nSPS) is 11.4. The third-order valence-electron chi connectivity index (χ3n) is 3.59. The quantitative estimate of drug-likeness (QED) is 0.746. The smallest absolute Gasteiger partial charge is 0.178 e. The molecule has 4 nitrogen and oxygen atoms in total. The molecule has 1 N–H and O–H groups in total. The number of fused-ring (bicyclic) bond motifs is 1. The van der Waals surface area contributed by atoms with Crippen LogP contribution in [0.2, 0.25) is 0 Å². The van der Waals surface area contributed by atoms with Crippen molar-refractivity contribution in [3.8, 4) is 0 Å². The van der Waals surface area contributed by atoms with Crippen molar-refractivity contribution in [3.05, 3.63) is 46.2 Å². The van der Waals surface area contributed by atoms with Gasteiger partial charge in [-0.1, -0.05) is 0 Å². The zero-order valence-electron chi connectivity index (χ0n) is 12.1. The maximum atomic E-state index is 13.2. The number of hydrogen-bond acceptors (Lipinski definition) is 2. The van der Waals surface area contributed by atoms with Crippen LogP contribution in [-0.4, -0.2) is 19.3 Å². The molecule has 0 fully saturated rings. The number of H-pyrrole nitrogens is 1. The van der Waals surface area contributed by atoms with Crippen LogP contribution in [0.25, 0.3) is 11.0 Å². The summed E-state index contributed by atoms with van der Waals surface area (Å²) in [6.07, 6.45) is 0.917. The van der Waals surface area contributed by atoms with Gasteiger partial charge in [0, 0.05) is 18.8 Å². The molecule has 0 unspecified atom stereocenters. The number of hydrogen-bond donors (Lipinski definition) is 1. The van der Waals surface area contributed by atoms with E-state index in [-0.39, 0.29) is 5.82 Å². The molecule has 0 bridgehead atoms. The zero-order valence-corrected chi connectivity index (χ0v) is 12.9. The van der Waals surface area contributed by atoms with Gasteiger partial charge in [-0.25, -0.2) is 4.39 Å². The lowest BCUT2D eigenvalue weighted by Crippen LogP contribution is -2.07. The third-order valence-corrected chi connectivity index (χ3v) is 3.91. The third kappa shape index (κ3) is 2.76. The molecule has 6 heteroatoms. The van der Waals surface area contributed by atoms with Crippen LogP contribution in [0.4, 0.5) is 4.39 Å². The maximum absolute atomic E-state index is 13.2. The first kappa shape index (κ1) is 14.0. The van der Waals surface area contributed by atoms with Crippen LogP contribution >= 0.6 is 12.2 Å². The Morgan fingerprint density at radius 3 is 2.76 bits per heavy atom. The standard InChI is InChI=1S/C15H17FN4S/c1-10-8-11(2)20(18-10)7-3-6-19-14-5-4-12(16)9-13(14)17-15(19)21/h4-5,8-9H,3,6-7H2,1-2H3,(H,17,21). The van der Waals surface area contributed by atoms with Crippen LogP contribution in [0.3, 0.4) is 0 Å². The number of aryl methyl sites for hydroxylation is 4. The molecular formula is C15H17FN4S. The van der Waals surface area contributed by atoms with E-state index in [0.717, 1.165) is 41.9 Å². The molecule has 1 aromatic carbocycles. The molecule has 0 amide bonds. The Hall–Kier alpha value is -1.95. The molecule has 0 aliphatic heterocycles. The highest BCUT2D eigenvalue weighted by Gasteiger charge is 2.06. The number of imidazole rings is 1. The first-order valence-corrected chi connectivity index (χ1v) is 7.34. The summed E-state index contributed by atoms with van der Waals surface area (Å²) in [6.45, 7) is 5.67. The molecule has 0 saturated heterocycles. The monoisotopic (exact) mass is 304 g/mol. The molecule has 110 valence electrons. The van der Waals surface area contributed by atoms with Crippen molar-refractivity contribution in [1.29, 1.82) is 0 Å². The number of nitrogens with one attached hydrogen (secondary N) is 1. The van der Waals surface area contributed by atoms with Crippen LogP contribution in [0.5, 0.6) is 0 Å². The van der Waals surface area contributed by atoms with Gasteiger partial charge >= 0.3 is 0 Å². The molecule has 2 aromatic heterocycles. The van der Waals surface area contributed by atoms with E-state index in [1.165, 1.54) is 12.1 Å². The summed E-state index contributed by atoms with van der Waals surface area (Å²) in [7, 11) is 0. The number of benzene rings is 1. The van der Waals surface area contributed by atoms with Crippen molar-refractivity contribution in [1.82, 2.24) is 19.3 Å². The first-order chi connectivity index (χ1) is 10.0. The van der Waals surface area contributed by atoms with E-state index in [1.54, 1.807) is 6.07 Å². The van der Waals surface area contributed by atoms with E-state index in [1.807, 2.05) is 16.2 Å². The van der Waals surface area contributed by atoms with Crippen LogP contribution in [0.1, 0.15) is 17.8 Å². The predicted octanol–water partition coefficient (Wildman–Crippen LogP) is 3.74. The molecule has 0 atom stereocenters. The fourth-order valence-corrected chi connectivity index (χ4v) is 2.94. The van der Waals surface area contributed by atoms with E-state index in [2.05, 4.69) is 23.1 Å². The van der Waals surface area contributed by atoms with E-state index >= 15 is 0 Å². The van der Waals surface area contributed by atoms with Crippen molar-refractivity contribution in [3.63, 3.8) is 0 Å². The number of halogens is 1. The lowest BCUT2D eigenvalue weighted by Gasteiger charge is -2.06. The highest BCUT2D eigenvalue weighted by Crippen LogP contribution is 2.16. The van der Waals surface area contributed by atoms with Gasteiger partial charge in [0.1, 0.15) is 5.82 Å². The Labute approximate surface area is 127 Å². The summed E-state index contributed by atoms with van der Waals surface area (Å²) in [4.78, 5) is 3.05. The number of aromatic nitrogens is 4. The van der Waals surface area contributed by atoms with Gasteiger partial charge in [-0.3, -0.25) is 4.68 Å². The fourth-order valence-electron chi connectivity index (χ4n) is 2.64. The minimum absolute atomic E-state index is 0.256. The Balaban J connectivity index is 1.78. The highest BCUT2D eigenvalue weighted by atomic mass is 32.1. The Morgan fingerprint density at radius 2 is 2.05 bits per heavy atom. The Kier molecular flexibility index (Phi) is 3.63. The number of nitrogens with zero attached hydrogens (tertiary/aromatic N) is 3. The zero-order chi connectivity index (χ0) is 15.0. The van der Waals surface area contributed by atoms with Crippen LogP contribution < -0.4 is 0 Å². The molecule has 0 aliphatic rings. The second-order valence-corrected chi connectivity index (χ2v) is 5.63. The molecule has 0 saturated carbocycles. The maximum Gasteiger partial charge on any atom is 0.178 e. The fraction of sp³-hybridized carbons (Fsp3) is 0.333. The van der Waals surface area contributed by atoms with Gasteiger partial charge in [0.05, 0.1) is 16.7 Å². The Bertz CT molecular complexity index is 843. The second kappa shape index (κ2) is 5.44. The highest BCUT2D eigenvalue weighted by molar-refractivity contribution is 7.71. The van der Waals surface area contributed by atoms with Gasteiger partial charge in [-0.2, -0.15) is 5.10 Å². The summed E-state index contributed by atoms with van der Waals surface area (Å²) in [5.41, 5.74) is 3.88. The molecule has 2 heterocycles. The van der Waals surface area contributed by atoms with Crippen molar-refractivity contribution < 1.29 is 4.39 Å². The summed E-state index contributed by atoms with van der Waals surface area (Å²) >= 11 is 5.32. The van der Waals surface area contributed by atoms with Crippen LogP contribution in [0, 0.1) is 24.4 Å². The van der Waals surface area contributed by atoms with Crippen molar-refractivity contribution in [2.45, 2.75) is 33.4 Å². The summed E-state index contributed by atoms with van der Waals surface area (Å²) in [6, 6.07) is 6.77. The van der Waals surface area contributed by atoms with E-state index < -0.39 is 0 Å².